The minimum atomic E-state index is -4.50. The summed E-state index contributed by atoms with van der Waals surface area (Å²) in [7, 11) is 0. The van der Waals surface area contributed by atoms with E-state index >= 15 is 0 Å². The van der Waals surface area contributed by atoms with Crippen molar-refractivity contribution in [1.29, 1.82) is 0 Å². The smallest absolute Gasteiger partial charge is 0.327 e. The SMILES string of the molecule is CC(C)(C)CC(N)CC(=O)Nc1ccccc1C(F)(F)F. The highest BCUT2D eigenvalue weighted by Crippen LogP contribution is 2.34. The fraction of sp³-hybridized carbons (Fsp3) is 0.533. The Kier molecular flexibility index (Phi) is 5.39. The number of hydrogen-bond acceptors (Lipinski definition) is 2. The average molecular weight is 302 g/mol. The van der Waals surface area contributed by atoms with Gasteiger partial charge in [-0.1, -0.05) is 32.9 Å². The van der Waals surface area contributed by atoms with Gasteiger partial charge in [0.25, 0.3) is 0 Å². The number of carbonyl (C=O) groups is 1. The summed E-state index contributed by atoms with van der Waals surface area (Å²) in [6.07, 6.45) is -3.90. The van der Waals surface area contributed by atoms with Gasteiger partial charge >= 0.3 is 6.18 Å². The molecule has 0 saturated carbocycles. The van der Waals surface area contributed by atoms with Crippen LogP contribution in [0.15, 0.2) is 24.3 Å². The highest BCUT2D eigenvalue weighted by molar-refractivity contribution is 5.92. The molecule has 21 heavy (non-hydrogen) atoms. The number of amides is 1. The summed E-state index contributed by atoms with van der Waals surface area (Å²) in [5.41, 5.74) is 4.72. The lowest BCUT2D eigenvalue weighted by molar-refractivity contribution is -0.137. The van der Waals surface area contributed by atoms with Crippen molar-refractivity contribution in [2.24, 2.45) is 11.1 Å². The third kappa shape index (κ3) is 6.16. The maximum Gasteiger partial charge on any atom is 0.418 e. The summed E-state index contributed by atoms with van der Waals surface area (Å²) in [6, 6.07) is 4.51. The Labute approximate surface area is 122 Å². The van der Waals surface area contributed by atoms with Crippen LogP contribution in [-0.4, -0.2) is 11.9 Å². The van der Waals surface area contributed by atoms with Crippen LogP contribution in [0, 0.1) is 5.41 Å². The van der Waals surface area contributed by atoms with Crippen molar-refractivity contribution in [2.75, 3.05) is 5.32 Å². The van der Waals surface area contributed by atoms with Gasteiger partial charge in [0, 0.05) is 12.5 Å². The van der Waals surface area contributed by atoms with Crippen molar-refractivity contribution in [1.82, 2.24) is 0 Å². The molecule has 0 bridgehead atoms. The molecule has 6 heteroatoms. The summed E-state index contributed by atoms with van der Waals surface area (Å²) in [4.78, 5) is 11.8. The maximum absolute atomic E-state index is 12.8. The van der Waals surface area contributed by atoms with Gasteiger partial charge in [-0.25, -0.2) is 0 Å². The van der Waals surface area contributed by atoms with E-state index in [9.17, 15) is 18.0 Å². The zero-order valence-electron chi connectivity index (χ0n) is 12.4. The van der Waals surface area contributed by atoms with Crippen molar-refractivity contribution < 1.29 is 18.0 Å². The predicted molar refractivity (Wildman–Crippen MR) is 76.7 cm³/mol. The third-order valence-corrected chi connectivity index (χ3v) is 2.83. The van der Waals surface area contributed by atoms with E-state index in [-0.39, 0.29) is 23.6 Å². The Morgan fingerprint density at radius 2 is 1.81 bits per heavy atom. The van der Waals surface area contributed by atoms with Gasteiger partial charge in [-0.3, -0.25) is 4.79 Å². The normalized spacial score (nSPS) is 13.9. The molecule has 1 atom stereocenters. The number of benzene rings is 1. The van der Waals surface area contributed by atoms with Crippen molar-refractivity contribution in [3.63, 3.8) is 0 Å². The van der Waals surface area contributed by atoms with E-state index in [1.807, 2.05) is 20.8 Å². The molecular weight excluding hydrogens is 281 g/mol. The summed E-state index contributed by atoms with van der Waals surface area (Å²) in [5, 5.41) is 2.29. The van der Waals surface area contributed by atoms with E-state index in [0.29, 0.717) is 6.42 Å². The van der Waals surface area contributed by atoms with Gasteiger partial charge in [-0.05, 0) is 24.0 Å². The molecule has 1 rings (SSSR count). The third-order valence-electron chi connectivity index (χ3n) is 2.83. The van der Waals surface area contributed by atoms with Crippen LogP contribution in [0.1, 0.15) is 39.2 Å². The second-order valence-electron chi connectivity index (χ2n) is 6.32. The van der Waals surface area contributed by atoms with E-state index in [1.165, 1.54) is 18.2 Å². The average Bonchev–Trinajstić information content (AvgIpc) is 2.24. The van der Waals surface area contributed by atoms with Gasteiger partial charge in [0.15, 0.2) is 0 Å². The summed E-state index contributed by atoms with van der Waals surface area (Å²) < 4.78 is 38.4. The van der Waals surface area contributed by atoms with E-state index in [1.54, 1.807) is 0 Å². The Morgan fingerprint density at radius 1 is 1.24 bits per heavy atom. The van der Waals surface area contributed by atoms with Crippen LogP contribution in [0.4, 0.5) is 18.9 Å². The molecule has 3 N–H and O–H groups in total. The lowest BCUT2D eigenvalue weighted by atomic mass is 9.87. The Morgan fingerprint density at radius 3 is 2.33 bits per heavy atom. The molecule has 0 aromatic heterocycles. The number of anilines is 1. The number of halogens is 3. The van der Waals surface area contributed by atoms with Crippen LogP contribution in [0.2, 0.25) is 0 Å². The lowest BCUT2D eigenvalue weighted by Gasteiger charge is -2.23. The number of nitrogens with one attached hydrogen (secondary N) is 1. The van der Waals surface area contributed by atoms with Gasteiger partial charge in [0.2, 0.25) is 5.91 Å². The fourth-order valence-electron chi connectivity index (χ4n) is 2.14. The van der Waals surface area contributed by atoms with Crippen LogP contribution in [0.5, 0.6) is 0 Å². The first kappa shape index (κ1) is 17.5. The minimum absolute atomic E-state index is 0.0105. The summed E-state index contributed by atoms with van der Waals surface area (Å²) in [6.45, 7) is 5.97. The maximum atomic E-state index is 12.8. The summed E-state index contributed by atoms with van der Waals surface area (Å²) >= 11 is 0. The Hall–Kier alpha value is -1.56. The molecule has 118 valence electrons. The molecule has 1 aromatic carbocycles. The van der Waals surface area contributed by atoms with E-state index in [0.717, 1.165) is 6.07 Å². The van der Waals surface area contributed by atoms with Crippen LogP contribution >= 0.6 is 0 Å². The first-order valence-electron chi connectivity index (χ1n) is 6.71. The fourth-order valence-corrected chi connectivity index (χ4v) is 2.14. The molecule has 0 aliphatic heterocycles. The molecule has 0 spiro atoms. The topological polar surface area (TPSA) is 55.1 Å². The number of carbonyl (C=O) groups excluding carboxylic acids is 1. The monoisotopic (exact) mass is 302 g/mol. The van der Waals surface area contributed by atoms with Gasteiger partial charge in [0.05, 0.1) is 11.3 Å². The van der Waals surface area contributed by atoms with E-state index < -0.39 is 17.6 Å². The van der Waals surface area contributed by atoms with Gasteiger partial charge in [-0.15, -0.1) is 0 Å². The second kappa shape index (κ2) is 6.47. The Balaban J connectivity index is 2.72. The number of rotatable bonds is 4. The van der Waals surface area contributed by atoms with Gasteiger partial charge < -0.3 is 11.1 Å². The zero-order valence-corrected chi connectivity index (χ0v) is 12.4. The first-order valence-corrected chi connectivity index (χ1v) is 6.71. The highest BCUT2D eigenvalue weighted by Gasteiger charge is 2.33. The molecule has 0 aliphatic rings. The number of alkyl halides is 3. The van der Waals surface area contributed by atoms with E-state index in [2.05, 4.69) is 5.32 Å². The second-order valence-corrected chi connectivity index (χ2v) is 6.32. The first-order chi connectivity index (χ1) is 9.49. The van der Waals surface area contributed by atoms with Gasteiger partial charge in [0.1, 0.15) is 0 Å². The standard InChI is InChI=1S/C15H21F3N2O/c1-14(2,3)9-10(19)8-13(21)20-12-7-5-4-6-11(12)15(16,17)18/h4-7,10H,8-9,19H2,1-3H3,(H,20,21). The van der Waals surface area contributed by atoms with Gasteiger partial charge in [-0.2, -0.15) is 13.2 Å². The van der Waals surface area contributed by atoms with Crippen molar-refractivity contribution in [2.45, 2.75) is 45.8 Å². The van der Waals surface area contributed by atoms with Crippen LogP contribution in [0.25, 0.3) is 0 Å². The minimum Gasteiger partial charge on any atom is -0.327 e. The molecule has 0 fully saturated rings. The van der Waals surface area contributed by atoms with Crippen LogP contribution < -0.4 is 11.1 Å². The molecule has 0 radical (unpaired) electrons. The van der Waals surface area contributed by atoms with Crippen LogP contribution in [-0.2, 0) is 11.0 Å². The number of nitrogens with two attached hydrogens (primary N) is 1. The van der Waals surface area contributed by atoms with Crippen LogP contribution in [0.3, 0.4) is 0 Å². The summed E-state index contributed by atoms with van der Waals surface area (Å²) in [5.74, 6) is -0.511. The molecule has 0 aliphatic carbocycles. The molecule has 0 heterocycles. The van der Waals surface area contributed by atoms with Crippen molar-refractivity contribution >= 4 is 11.6 Å². The molecule has 1 amide bonds. The molecule has 1 aromatic rings. The molecule has 3 nitrogen and oxygen atoms in total. The largest absolute Gasteiger partial charge is 0.418 e. The number of hydrogen-bond donors (Lipinski definition) is 2. The zero-order chi connectivity index (χ0) is 16.3. The molecule has 1 unspecified atom stereocenters. The lowest BCUT2D eigenvalue weighted by Crippen LogP contribution is -2.31. The highest BCUT2D eigenvalue weighted by atomic mass is 19.4. The van der Waals surface area contributed by atoms with E-state index in [4.69, 9.17) is 5.73 Å². The molecular formula is C15H21F3N2O. The Bertz CT molecular complexity index is 492. The quantitative estimate of drug-likeness (QED) is 0.889. The van der Waals surface area contributed by atoms with Crippen molar-refractivity contribution in [3.05, 3.63) is 29.8 Å². The van der Waals surface area contributed by atoms with Crippen molar-refractivity contribution in [3.8, 4) is 0 Å². The molecule has 0 saturated heterocycles. The predicted octanol–water partition coefficient (Wildman–Crippen LogP) is 3.80. The number of para-hydroxylation sites is 1.